The number of rotatable bonds is 15. The number of benzene rings is 1. The first-order valence-corrected chi connectivity index (χ1v) is 11.9. The molecule has 0 saturated carbocycles. The monoisotopic (exact) mass is 567 g/mol. The maximum absolute atomic E-state index is 13.8. The average Bonchev–Trinajstić information content (AvgIpc) is 2.77. The van der Waals surface area contributed by atoms with E-state index >= 15 is 0 Å². The normalized spacial score (nSPS) is 13.2. The van der Waals surface area contributed by atoms with E-state index in [4.69, 9.17) is 9.47 Å². The maximum Gasteiger partial charge on any atom is 0.401 e. The molecule has 8 nitrogen and oxygen atoms in total. The maximum atomic E-state index is 13.8. The Hall–Kier alpha value is -2.88. The number of nitrogens with one attached hydrogen (secondary N) is 1. The van der Waals surface area contributed by atoms with Crippen molar-refractivity contribution in [3.63, 3.8) is 0 Å². The molecule has 1 unspecified atom stereocenters. The van der Waals surface area contributed by atoms with Crippen molar-refractivity contribution in [3.05, 3.63) is 42.0 Å². The highest BCUT2D eigenvalue weighted by molar-refractivity contribution is 7.87. The molecule has 210 valence electrons. The molecule has 0 fully saturated rings. The molecule has 0 aliphatic carbocycles. The lowest BCUT2D eigenvalue weighted by atomic mass is 10.2. The predicted molar refractivity (Wildman–Crippen MR) is 115 cm³/mol. The summed E-state index contributed by atoms with van der Waals surface area (Å²) in [6, 6.07) is 3.66. The molecule has 1 N–H and O–H groups in total. The number of carbonyl (C=O) groups is 2. The van der Waals surface area contributed by atoms with Crippen LogP contribution in [0.5, 0.6) is 5.75 Å². The molecule has 1 aromatic carbocycles. The third-order valence-corrected chi connectivity index (χ3v) is 5.98. The first-order valence-electron chi connectivity index (χ1n) is 10.4. The van der Waals surface area contributed by atoms with E-state index in [0.717, 1.165) is 24.3 Å². The molecular weight excluding hydrogens is 543 g/mol. The molecule has 0 radical (unpaired) electrons. The van der Waals surface area contributed by atoms with Gasteiger partial charge in [0.15, 0.2) is 5.25 Å². The van der Waals surface area contributed by atoms with Crippen LogP contribution in [-0.4, -0.2) is 70.4 Å². The molecular formula is C21H24F7NO7S. The van der Waals surface area contributed by atoms with E-state index in [1.165, 1.54) is 12.2 Å². The average molecular weight is 567 g/mol. The van der Waals surface area contributed by atoms with Gasteiger partial charge in [0, 0.05) is 12.1 Å². The van der Waals surface area contributed by atoms with Crippen molar-refractivity contribution in [3.8, 4) is 5.75 Å². The molecule has 0 aliphatic rings. The van der Waals surface area contributed by atoms with Crippen LogP contribution in [0.15, 0.2) is 36.4 Å². The Bertz CT molecular complexity index is 1030. The number of halogens is 7. The molecule has 16 heteroatoms. The van der Waals surface area contributed by atoms with Gasteiger partial charge in [-0.2, -0.15) is 30.4 Å². The minimum Gasteiger partial charge on any atom is -0.462 e. The zero-order valence-electron chi connectivity index (χ0n) is 19.3. The van der Waals surface area contributed by atoms with Crippen molar-refractivity contribution in [1.29, 1.82) is 0 Å². The van der Waals surface area contributed by atoms with Crippen LogP contribution in [0.4, 0.5) is 30.7 Å². The Morgan fingerprint density at radius 2 is 1.54 bits per heavy atom. The van der Waals surface area contributed by atoms with Gasteiger partial charge in [0.25, 0.3) is 0 Å². The fourth-order valence-electron chi connectivity index (χ4n) is 2.50. The molecule has 0 bridgehead atoms. The molecule has 1 aromatic rings. The van der Waals surface area contributed by atoms with Crippen molar-refractivity contribution in [2.75, 3.05) is 26.3 Å². The minimum atomic E-state index is -5.58. The molecule has 0 aromatic heterocycles. The van der Waals surface area contributed by atoms with Crippen molar-refractivity contribution in [2.45, 2.75) is 43.5 Å². The highest BCUT2D eigenvalue weighted by Gasteiger charge is 2.56. The second-order valence-electron chi connectivity index (χ2n) is 7.57. The molecule has 1 rings (SSSR count). The van der Waals surface area contributed by atoms with Crippen LogP contribution in [-0.2, 0) is 24.4 Å². The summed E-state index contributed by atoms with van der Waals surface area (Å²) >= 11 is 0. The fourth-order valence-corrected chi connectivity index (χ4v) is 3.80. The van der Waals surface area contributed by atoms with Crippen LogP contribution in [0.1, 0.15) is 30.1 Å². The molecule has 0 saturated heterocycles. The smallest absolute Gasteiger partial charge is 0.401 e. The van der Waals surface area contributed by atoms with Crippen LogP contribution in [0.3, 0.4) is 0 Å². The Labute approximate surface area is 207 Å². The van der Waals surface area contributed by atoms with E-state index in [0.29, 0.717) is 12.8 Å². The topological polar surface area (TPSA) is 108 Å². The van der Waals surface area contributed by atoms with E-state index in [1.54, 1.807) is 0 Å². The molecule has 0 amide bonds. The van der Waals surface area contributed by atoms with Crippen LogP contribution in [0, 0.1) is 0 Å². The summed E-state index contributed by atoms with van der Waals surface area (Å²) in [5.41, 5.74) is 0.114. The predicted octanol–water partition coefficient (Wildman–Crippen LogP) is 3.87. The van der Waals surface area contributed by atoms with Crippen molar-refractivity contribution >= 4 is 22.1 Å². The van der Waals surface area contributed by atoms with Crippen molar-refractivity contribution < 1.29 is 62.4 Å². The lowest BCUT2D eigenvalue weighted by Gasteiger charge is -2.26. The van der Waals surface area contributed by atoms with Crippen molar-refractivity contribution in [2.24, 2.45) is 0 Å². The second kappa shape index (κ2) is 13.6. The first kappa shape index (κ1) is 32.1. The van der Waals surface area contributed by atoms with Gasteiger partial charge in [-0.1, -0.05) is 6.58 Å². The number of ether oxygens (including phenoxy) is 2. The van der Waals surface area contributed by atoms with Crippen LogP contribution >= 0.6 is 0 Å². The molecule has 0 heterocycles. The quantitative estimate of drug-likeness (QED) is 0.112. The van der Waals surface area contributed by atoms with Crippen LogP contribution < -0.4 is 9.50 Å². The highest BCUT2D eigenvalue weighted by atomic mass is 32.2. The summed E-state index contributed by atoms with van der Waals surface area (Å²) in [6.07, 6.45) is -8.73. The second-order valence-corrected chi connectivity index (χ2v) is 9.29. The molecule has 1 atom stereocenters. The Kier molecular flexibility index (Phi) is 11.8. The summed E-state index contributed by atoms with van der Waals surface area (Å²) in [4.78, 5) is 23.2. The minimum absolute atomic E-state index is 0.0641. The van der Waals surface area contributed by atoms with E-state index in [-0.39, 0.29) is 24.4 Å². The van der Waals surface area contributed by atoms with E-state index in [2.05, 4.69) is 10.8 Å². The lowest BCUT2D eigenvalue weighted by Crippen LogP contribution is -2.53. The van der Waals surface area contributed by atoms with Gasteiger partial charge in [0.2, 0.25) is 0 Å². The number of carbonyl (C=O) groups excluding carboxylic acids is 2. The fraction of sp³-hybridized carbons (Fsp3) is 0.524. The number of alkyl halides is 7. The van der Waals surface area contributed by atoms with E-state index < -0.39 is 64.7 Å². The SMILES string of the molecule is C=C(C)C(=O)OCCCCOC(=O)c1ccc(OS(=O)(=O)C(CNCC(F)(F)F)C(F)(F)C(F)F)cc1. The largest absolute Gasteiger partial charge is 0.462 e. The van der Waals surface area contributed by atoms with Gasteiger partial charge in [-0.25, -0.2) is 18.4 Å². The summed E-state index contributed by atoms with van der Waals surface area (Å²) in [5, 5.41) is -2.00. The van der Waals surface area contributed by atoms with Crippen LogP contribution in [0.2, 0.25) is 0 Å². The number of hydrogen-bond donors (Lipinski definition) is 1. The Morgan fingerprint density at radius 3 is 2.03 bits per heavy atom. The summed E-state index contributed by atoms with van der Waals surface area (Å²) in [6.45, 7) is 1.30. The standard InChI is InChI=1S/C21H24F7NO7S/c1-13(2)17(30)34-9-3-4-10-35-18(31)14-5-7-15(8-6-14)36-37(32,33)16(21(27,28)19(22)23)11-29-12-20(24,25)26/h5-8,16,19,29H,1,3-4,9-12H2,2H3. The third kappa shape index (κ3) is 11.0. The van der Waals surface area contributed by atoms with Gasteiger partial charge in [0.05, 0.1) is 25.3 Å². The number of unbranched alkanes of at least 4 members (excludes halogenated alkanes) is 1. The highest BCUT2D eigenvalue weighted by Crippen LogP contribution is 2.32. The van der Waals surface area contributed by atoms with Gasteiger partial charge in [0.1, 0.15) is 5.75 Å². The Morgan fingerprint density at radius 1 is 1.00 bits per heavy atom. The summed E-state index contributed by atoms with van der Waals surface area (Å²) in [7, 11) is -5.58. The molecule has 0 aliphatic heterocycles. The van der Waals surface area contributed by atoms with Gasteiger partial charge >= 0.3 is 40.6 Å². The Balaban J connectivity index is 2.75. The van der Waals surface area contributed by atoms with Crippen molar-refractivity contribution in [1.82, 2.24) is 5.32 Å². The zero-order chi connectivity index (χ0) is 28.4. The number of hydrogen-bond acceptors (Lipinski definition) is 8. The van der Waals surface area contributed by atoms with Crippen LogP contribution in [0.25, 0.3) is 0 Å². The van der Waals surface area contributed by atoms with Gasteiger partial charge < -0.3 is 19.0 Å². The molecule has 0 spiro atoms. The lowest BCUT2D eigenvalue weighted by molar-refractivity contribution is -0.139. The van der Waals surface area contributed by atoms with E-state index in [9.17, 15) is 48.7 Å². The molecule has 37 heavy (non-hydrogen) atoms. The third-order valence-electron chi connectivity index (χ3n) is 4.38. The van der Waals surface area contributed by atoms with Gasteiger partial charge in [-0.05, 0) is 44.0 Å². The van der Waals surface area contributed by atoms with Gasteiger partial charge in [-0.15, -0.1) is 0 Å². The number of esters is 2. The van der Waals surface area contributed by atoms with Gasteiger partial charge in [-0.3, -0.25) is 0 Å². The zero-order valence-corrected chi connectivity index (χ0v) is 20.1. The van der Waals surface area contributed by atoms with E-state index in [1.807, 2.05) is 0 Å². The summed E-state index contributed by atoms with van der Waals surface area (Å²) < 4.78 is 129. The summed E-state index contributed by atoms with van der Waals surface area (Å²) in [5.74, 6) is -7.33. The first-order chi connectivity index (χ1) is 17.0.